The minimum absolute atomic E-state index is 0.00886. The number of rotatable bonds is 9. The van der Waals surface area contributed by atoms with Crippen LogP contribution in [-0.4, -0.2) is 59.5 Å². The lowest BCUT2D eigenvalue weighted by molar-refractivity contribution is -0.252. The van der Waals surface area contributed by atoms with Crippen LogP contribution in [0.5, 0.6) is 0 Å². The summed E-state index contributed by atoms with van der Waals surface area (Å²) in [6.45, 7) is 5.19. The molecule has 8 heteroatoms. The summed E-state index contributed by atoms with van der Waals surface area (Å²) in [5.74, 6) is 0. The number of aliphatic hydroxyl groups excluding tert-OH is 2. The second kappa shape index (κ2) is 13.4. The molecule has 0 aromatic heterocycles. The van der Waals surface area contributed by atoms with Gasteiger partial charge in [-0.25, -0.2) is 4.79 Å². The van der Waals surface area contributed by atoms with Gasteiger partial charge >= 0.3 is 6.03 Å². The lowest BCUT2D eigenvalue weighted by Gasteiger charge is -2.38. The molecule has 0 radical (unpaired) electrons. The first-order valence-electron chi connectivity index (χ1n) is 14.1. The molecule has 0 unspecified atom stereocenters. The highest BCUT2D eigenvalue weighted by Crippen LogP contribution is 2.39. The van der Waals surface area contributed by atoms with Crippen molar-refractivity contribution in [3.8, 4) is 11.1 Å². The van der Waals surface area contributed by atoms with Gasteiger partial charge in [0.05, 0.1) is 24.9 Å². The second-order valence-electron chi connectivity index (χ2n) is 10.5. The standard InChI is InChI=1S/C32H39N3O5/c1-2-33-32(38)34-18-26-5-3-4-6-29(26)23-11-13-25(14-12-23)31-39-28(20-35-16-15-27(37)19-35)17-30(40-31)24-9-7-22(21-36)8-10-24/h3-14,27-28,30-31,36-37H,2,15-21H2,1H3,(H2,33,34,38)/t27-,28+,30-,31-/m0/s1. The topological polar surface area (TPSA) is 103 Å². The van der Waals surface area contributed by atoms with E-state index in [1.54, 1.807) is 0 Å². The van der Waals surface area contributed by atoms with Gasteiger partial charge in [0.1, 0.15) is 0 Å². The Hall–Kier alpha value is -3.27. The molecule has 3 aromatic carbocycles. The molecular formula is C32H39N3O5. The molecule has 212 valence electrons. The number of hydrogen-bond donors (Lipinski definition) is 4. The highest BCUT2D eigenvalue weighted by atomic mass is 16.7. The maximum Gasteiger partial charge on any atom is 0.315 e. The number of carbonyl (C=O) groups excluding carboxylic acids is 1. The van der Waals surface area contributed by atoms with E-state index >= 15 is 0 Å². The number of amides is 2. The summed E-state index contributed by atoms with van der Waals surface area (Å²) in [6, 6.07) is 24.0. The van der Waals surface area contributed by atoms with Crippen LogP contribution in [0.1, 0.15) is 54.4 Å². The number of hydrogen-bond acceptors (Lipinski definition) is 6. The number of ether oxygens (including phenoxy) is 2. The molecule has 40 heavy (non-hydrogen) atoms. The van der Waals surface area contributed by atoms with Crippen LogP contribution in [0.15, 0.2) is 72.8 Å². The van der Waals surface area contributed by atoms with Crippen LogP contribution in [0.25, 0.3) is 11.1 Å². The number of aliphatic hydroxyl groups is 2. The summed E-state index contributed by atoms with van der Waals surface area (Å²) in [5, 5.41) is 25.1. The normalized spacial score (nSPS) is 23.2. The first-order valence-corrected chi connectivity index (χ1v) is 14.1. The van der Waals surface area contributed by atoms with Crippen molar-refractivity contribution in [2.24, 2.45) is 0 Å². The Bertz CT molecular complexity index is 1250. The van der Waals surface area contributed by atoms with Crippen LogP contribution < -0.4 is 10.6 Å². The van der Waals surface area contributed by atoms with E-state index in [0.29, 0.717) is 26.1 Å². The van der Waals surface area contributed by atoms with E-state index < -0.39 is 6.29 Å². The molecule has 0 spiro atoms. The Morgan fingerprint density at radius 1 is 0.975 bits per heavy atom. The van der Waals surface area contributed by atoms with E-state index in [1.165, 1.54) is 0 Å². The first kappa shape index (κ1) is 28.3. The fourth-order valence-corrected chi connectivity index (χ4v) is 5.47. The summed E-state index contributed by atoms with van der Waals surface area (Å²) in [5.41, 5.74) is 6.00. The minimum atomic E-state index is -0.530. The summed E-state index contributed by atoms with van der Waals surface area (Å²) in [4.78, 5) is 14.2. The van der Waals surface area contributed by atoms with Crippen LogP contribution in [0.4, 0.5) is 4.79 Å². The number of β-amino-alcohol motifs (C(OH)–C–C–N with tert-alkyl or cyclic N) is 1. The fourth-order valence-electron chi connectivity index (χ4n) is 5.47. The van der Waals surface area contributed by atoms with Gasteiger partial charge in [0.2, 0.25) is 0 Å². The molecule has 8 nitrogen and oxygen atoms in total. The Labute approximate surface area is 235 Å². The monoisotopic (exact) mass is 545 g/mol. The third-order valence-corrected chi connectivity index (χ3v) is 7.61. The molecule has 5 rings (SSSR count). The molecule has 4 atom stereocenters. The molecule has 2 fully saturated rings. The van der Waals surface area contributed by atoms with E-state index in [2.05, 4.69) is 33.7 Å². The predicted octanol–water partition coefficient (Wildman–Crippen LogP) is 4.28. The third kappa shape index (κ3) is 7.08. The zero-order valence-corrected chi connectivity index (χ0v) is 23.0. The quantitative estimate of drug-likeness (QED) is 0.320. The predicted molar refractivity (Wildman–Crippen MR) is 153 cm³/mol. The van der Waals surface area contributed by atoms with E-state index in [0.717, 1.165) is 52.9 Å². The average Bonchev–Trinajstić information content (AvgIpc) is 3.40. The van der Waals surface area contributed by atoms with Crippen molar-refractivity contribution in [1.29, 1.82) is 0 Å². The van der Waals surface area contributed by atoms with Crippen molar-refractivity contribution >= 4 is 6.03 Å². The van der Waals surface area contributed by atoms with Gasteiger partial charge in [-0.05, 0) is 41.2 Å². The lowest BCUT2D eigenvalue weighted by Crippen LogP contribution is -2.38. The van der Waals surface area contributed by atoms with Gasteiger partial charge < -0.3 is 30.3 Å². The highest BCUT2D eigenvalue weighted by Gasteiger charge is 2.34. The van der Waals surface area contributed by atoms with Gasteiger partial charge in [-0.2, -0.15) is 0 Å². The van der Waals surface area contributed by atoms with E-state index in [9.17, 15) is 15.0 Å². The van der Waals surface area contributed by atoms with E-state index in [1.807, 2.05) is 61.5 Å². The van der Waals surface area contributed by atoms with Crippen LogP contribution >= 0.6 is 0 Å². The maximum absolute atomic E-state index is 11.9. The molecule has 0 saturated carbocycles. The van der Waals surface area contributed by atoms with Crippen LogP contribution in [0, 0.1) is 0 Å². The third-order valence-electron chi connectivity index (χ3n) is 7.61. The van der Waals surface area contributed by atoms with Crippen molar-refractivity contribution in [1.82, 2.24) is 15.5 Å². The van der Waals surface area contributed by atoms with Crippen molar-refractivity contribution in [2.75, 3.05) is 26.2 Å². The van der Waals surface area contributed by atoms with Crippen molar-refractivity contribution < 1.29 is 24.5 Å². The van der Waals surface area contributed by atoms with Crippen LogP contribution in [-0.2, 0) is 22.6 Å². The Kier molecular flexibility index (Phi) is 9.46. The molecule has 4 N–H and O–H groups in total. The number of benzene rings is 3. The smallest absolute Gasteiger partial charge is 0.315 e. The summed E-state index contributed by atoms with van der Waals surface area (Å²) < 4.78 is 13.0. The van der Waals surface area contributed by atoms with Crippen LogP contribution in [0.3, 0.4) is 0 Å². The summed E-state index contributed by atoms with van der Waals surface area (Å²) in [6.07, 6.45) is 0.505. The SMILES string of the molecule is CCNC(=O)NCc1ccccc1-c1ccc([C@H]2O[C@@H](CN3CC[C@H](O)C3)C[C@@H](c3ccc(CO)cc3)O2)cc1. The second-order valence-corrected chi connectivity index (χ2v) is 10.5. The highest BCUT2D eigenvalue weighted by molar-refractivity contribution is 5.74. The molecular weight excluding hydrogens is 506 g/mol. The maximum atomic E-state index is 11.9. The molecule has 0 bridgehead atoms. The number of urea groups is 1. The number of carbonyl (C=O) groups is 1. The minimum Gasteiger partial charge on any atom is -0.392 e. The Balaban J connectivity index is 1.33. The summed E-state index contributed by atoms with van der Waals surface area (Å²) >= 11 is 0. The average molecular weight is 546 g/mol. The molecule has 2 saturated heterocycles. The Morgan fingerprint density at radius 2 is 1.73 bits per heavy atom. The first-order chi connectivity index (χ1) is 19.5. The number of likely N-dealkylation sites (tertiary alicyclic amines) is 1. The zero-order valence-electron chi connectivity index (χ0n) is 23.0. The van der Waals surface area contributed by atoms with Crippen molar-refractivity contribution in [2.45, 2.75) is 57.5 Å². The van der Waals surface area contributed by atoms with Crippen LogP contribution in [0.2, 0.25) is 0 Å². The van der Waals surface area contributed by atoms with Gasteiger partial charge in [0, 0.05) is 44.7 Å². The van der Waals surface area contributed by atoms with Crippen molar-refractivity contribution in [3.63, 3.8) is 0 Å². The van der Waals surface area contributed by atoms with Gasteiger partial charge in [-0.1, -0.05) is 72.8 Å². The molecule has 2 aliphatic heterocycles. The zero-order chi connectivity index (χ0) is 27.9. The number of nitrogens with one attached hydrogen (secondary N) is 2. The number of nitrogens with zero attached hydrogens (tertiary/aromatic N) is 1. The molecule has 3 aromatic rings. The van der Waals surface area contributed by atoms with Gasteiger partial charge in [0.15, 0.2) is 6.29 Å². The van der Waals surface area contributed by atoms with Crippen molar-refractivity contribution in [3.05, 3.63) is 95.1 Å². The molecule has 2 aliphatic rings. The molecule has 2 amide bonds. The molecule has 0 aliphatic carbocycles. The van der Waals surface area contributed by atoms with E-state index in [4.69, 9.17) is 9.47 Å². The fraction of sp³-hybridized carbons (Fsp3) is 0.406. The summed E-state index contributed by atoms with van der Waals surface area (Å²) in [7, 11) is 0. The largest absolute Gasteiger partial charge is 0.392 e. The van der Waals surface area contributed by atoms with E-state index in [-0.39, 0.29) is 30.9 Å². The van der Waals surface area contributed by atoms with Gasteiger partial charge in [-0.3, -0.25) is 4.90 Å². The molecule has 2 heterocycles. The Morgan fingerprint density at radius 3 is 2.42 bits per heavy atom. The van der Waals surface area contributed by atoms with Gasteiger partial charge in [0.25, 0.3) is 0 Å². The lowest BCUT2D eigenvalue weighted by atomic mass is 9.97. The van der Waals surface area contributed by atoms with Gasteiger partial charge in [-0.15, -0.1) is 0 Å².